The van der Waals surface area contributed by atoms with Gasteiger partial charge in [0.05, 0.1) is 0 Å². The molecule has 0 unspecified atom stereocenters. The van der Waals surface area contributed by atoms with Gasteiger partial charge in [0.1, 0.15) is 12.1 Å². The molecule has 0 aromatic rings. The van der Waals surface area contributed by atoms with Crippen molar-refractivity contribution in [2.24, 2.45) is 0 Å². The number of ketones is 1. The van der Waals surface area contributed by atoms with E-state index in [1.807, 2.05) is 7.05 Å². The minimum Gasteiger partial charge on any atom is -0.446 e. The number of Topliss-reactive ketones (excluding diaryl/α,β-unsaturated/α-hetero) is 1. The first kappa shape index (κ1) is 14.3. The Bertz CT molecular complexity index is 340. The molecule has 1 aliphatic carbocycles. The summed E-state index contributed by atoms with van der Waals surface area (Å²) in [6, 6.07) is -0.352. The van der Waals surface area contributed by atoms with Gasteiger partial charge in [-0.1, -0.05) is 6.42 Å². The van der Waals surface area contributed by atoms with Crippen LogP contribution in [0.3, 0.4) is 0 Å². The van der Waals surface area contributed by atoms with Gasteiger partial charge < -0.3 is 9.64 Å². The molecule has 108 valence electrons. The molecule has 2 aliphatic rings. The van der Waals surface area contributed by atoms with E-state index in [-0.39, 0.29) is 24.0 Å². The van der Waals surface area contributed by atoms with Crippen molar-refractivity contribution >= 4 is 11.9 Å². The molecule has 19 heavy (non-hydrogen) atoms. The van der Waals surface area contributed by atoms with Crippen molar-refractivity contribution in [1.82, 2.24) is 9.80 Å². The van der Waals surface area contributed by atoms with Crippen molar-refractivity contribution in [3.63, 3.8) is 0 Å². The average molecular weight is 268 g/mol. The van der Waals surface area contributed by atoms with Gasteiger partial charge in [-0.15, -0.1) is 0 Å². The number of carbonyl (C=O) groups excluding carboxylic acids is 2. The van der Waals surface area contributed by atoms with E-state index in [9.17, 15) is 9.59 Å². The lowest BCUT2D eigenvalue weighted by Crippen LogP contribution is -2.57. The molecular formula is C14H24N2O3. The Balaban J connectivity index is 1.93. The molecule has 5 nitrogen and oxygen atoms in total. The summed E-state index contributed by atoms with van der Waals surface area (Å²) >= 11 is 0. The molecule has 1 atom stereocenters. The average Bonchev–Trinajstić information content (AvgIpc) is 2.39. The van der Waals surface area contributed by atoms with Gasteiger partial charge in [-0.2, -0.15) is 0 Å². The first-order chi connectivity index (χ1) is 9.08. The lowest BCUT2D eigenvalue weighted by Gasteiger charge is -2.38. The molecule has 0 bridgehead atoms. The third kappa shape index (κ3) is 3.69. The predicted octanol–water partition coefficient (Wildman–Crippen LogP) is 1.66. The monoisotopic (exact) mass is 268 g/mol. The van der Waals surface area contributed by atoms with Gasteiger partial charge in [-0.05, 0) is 39.7 Å². The molecular weight excluding hydrogens is 244 g/mol. The molecule has 5 heteroatoms. The maximum Gasteiger partial charge on any atom is 0.410 e. The second-order valence-corrected chi connectivity index (χ2v) is 5.73. The highest BCUT2D eigenvalue weighted by Crippen LogP contribution is 2.22. The van der Waals surface area contributed by atoms with Gasteiger partial charge in [0.15, 0.2) is 5.78 Å². The Kier molecular flexibility index (Phi) is 4.80. The van der Waals surface area contributed by atoms with Gasteiger partial charge in [0.2, 0.25) is 0 Å². The highest BCUT2D eigenvalue weighted by Gasteiger charge is 2.34. The normalized spacial score (nSPS) is 26.2. The summed E-state index contributed by atoms with van der Waals surface area (Å²) in [6.45, 7) is 3.52. The molecule has 1 amide bonds. The van der Waals surface area contributed by atoms with E-state index in [0.717, 1.165) is 32.2 Å². The first-order valence-electron chi connectivity index (χ1n) is 7.24. The van der Waals surface area contributed by atoms with E-state index in [0.29, 0.717) is 13.1 Å². The van der Waals surface area contributed by atoms with Crippen molar-refractivity contribution in [1.29, 1.82) is 0 Å². The van der Waals surface area contributed by atoms with E-state index in [1.165, 1.54) is 6.42 Å². The van der Waals surface area contributed by atoms with Gasteiger partial charge >= 0.3 is 6.09 Å². The number of ether oxygens (including phenoxy) is 1. The fourth-order valence-electron chi connectivity index (χ4n) is 2.88. The van der Waals surface area contributed by atoms with Crippen molar-refractivity contribution < 1.29 is 14.3 Å². The van der Waals surface area contributed by atoms with Crippen LogP contribution in [0.1, 0.15) is 39.0 Å². The Morgan fingerprint density at radius 2 is 1.79 bits per heavy atom. The number of carbonyl (C=O) groups is 2. The smallest absolute Gasteiger partial charge is 0.410 e. The zero-order valence-electron chi connectivity index (χ0n) is 11.9. The Labute approximate surface area is 114 Å². The lowest BCUT2D eigenvalue weighted by molar-refractivity contribution is -0.123. The Morgan fingerprint density at radius 1 is 1.11 bits per heavy atom. The van der Waals surface area contributed by atoms with Gasteiger partial charge in [0, 0.05) is 19.6 Å². The largest absolute Gasteiger partial charge is 0.446 e. The SMILES string of the molecule is CC(=O)[C@H]1CN(C)CCN1C(=O)OC1CCCCC1. The summed E-state index contributed by atoms with van der Waals surface area (Å²) in [4.78, 5) is 27.6. The van der Waals surface area contributed by atoms with Crippen LogP contribution in [0.25, 0.3) is 0 Å². The Morgan fingerprint density at radius 3 is 2.42 bits per heavy atom. The highest BCUT2D eigenvalue weighted by atomic mass is 16.6. The molecule has 1 heterocycles. The van der Waals surface area contributed by atoms with Crippen LogP contribution in [0.2, 0.25) is 0 Å². The molecule has 0 N–H and O–H groups in total. The zero-order valence-corrected chi connectivity index (χ0v) is 11.9. The maximum absolute atomic E-state index is 12.2. The van der Waals surface area contributed by atoms with Crippen molar-refractivity contribution in [2.75, 3.05) is 26.7 Å². The third-order valence-electron chi connectivity index (χ3n) is 4.11. The van der Waals surface area contributed by atoms with Gasteiger partial charge in [0.25, 0.3) is 0 Å². The number of hydrogen-bond donors (Lipinski definition) is 0. The summed E-state index contributed by atoms with van der Waals surface area (Å²) in [7, 11) is 1.97. The first-order valence-corrected chi connectivity index (χ1v) is 7.24. The summed E-state index contributed by atoms with van der Waals surface area (Å²) in [5.41, 5.74) is 0. The molecule has 0 spiro atoms. The number of hydrogen-bond acceptors (Lipinski definition) is 4. The van der Waals surface area contributed by atoms with Crippen LogP contribution in [0, 0.1) is 0 Å². The van der Waals surface area contributed by atoms with Gasteiger partial charge in [-0.3, -0.25) is 9.69 Å². The Hall–Kier alpha value is -1.10. The van der Waals surface area contributed by atoms with Crippen LogP contribution in [-0.2, 0) is 9.53 Å². The molecule has 1 aliphatic heterocycles. The molecule has 1 saturated carbocycles. The van der Waals surface area contributed by atoms with Crippen LogP contribution < -0.4 is 0 Å². The standard InChI is InChI=1S/C14H24N2O3/c1-11(17)13-10-15(2)8-9-16(13)14(18)19-12-6-4-3-5-7-12/h12-13H,3-10H2,1-2H3/t13-/m1/s1. The highest BCUT2D eigenvalue weighted by molar-refractivity contribution is 5.86. The molecule has 0 radical (unpaired) electrons. The number of rotatable bonds is 2. The van der Waals surface area contributed by atoms with E-state index >= 15 is 0 Å². The van der Waals surface area contributed by atoms with Crippen LogP contribution in [0.5, 0.6) is 0 Å². The van der Waals surface area contributed by atoms with E-state index < -0.39 is 0 Å². The lowest BCUT2D eigenvalue weighted by atomic mass is 9.98. The summed E-state index contributed by atoms with van der Waals surface area (Å²) < 4.78 is 5.56. The maximum atomic E-state index is 12.2. The number of nitrogens with zero attached hydrogens (tertiary/aromatic N) is 2. The number of likely N-dealkylation sites (N-methyl/N-ethyl adjacent to an activating group) is 1. The fraction of sp³-hybridized carbons (Fsp3) is 0.857. The van der Waals surface area contributed by atoms with E-state index in [2.05, 4.69) is 4.90 Å². The van der Waals surface area contributed by atoms with Crippen molar-refractivity contribution in [3.05, 3.63) is 0 Å². The summed E-state index contributed by atoms with van der Waals surface area (Å²) in [6.07, 6.45) is 5.18. The van der Waals surface area contributed by atoms with Crippen molar-refractivity contribution in [2.45, 2.75) is 51.2 Å². The minimum atomic E-state index is -0.352. The van der Waals surface area contributed by atoms with Crippen molar-refractivity contribution in [3.8, 4) is 0 Å². The van der Waals surface area contributed by atoms with Crippen LogP contribution >= 0.6 is 0 Å². The third-order valence-corrected chi connectivity index (χ3v) is 4.11. The van der Waals surface area contributed by atoms with Crippen LogP contribution in [0.15, 0.2) is 0 Å². The molecule has 0 aromatic carbocycles. The van der Waals surface area contributed by atoms with E-state index in [4.69, 9.17) is 4.74 Å². The molecule has 0 aromatic heterocycles. The van der Waals surface area contributed by atoms with Crippen LogP contribution in [-0.4, -0.2) is 60.5 Å². The minimum absolute atomic E-state index is 0.0344. The molecule has 1 saturated heterocycles. The molecule has 2 fully saturated rings. The molecule has 2 rings (SSSR count). The zero-order chi connectivity index (χ0) is 13.8. The second-order valence-electron chi connectivity index (χ2n) is 5.73. The predicted molar refractivity (Wildman–Crippen MR) is 72.0 cm³/mol. The quantitative estimate of drug-likeness (QED) is 0.764. The summed E-state index contributed by atoms with van der Waals surface area (Å²) in [5, 5.41) is 0. The number of piperazine rings is 1. The topological polar surface area (TPSA) is 49.9 Å². The number of amides is 1. The van der Waals surface area contributed by atoms with Gasteiger partial charge in [-0.25, -0.2) is 4.79 Å². The van der Waals surface area contributed by atoms with Crippen LogP contribution in [0.4, 0.5) is 4.79 Å². The fourth-order valence-corrected chi connectivity index (χ4v) is 2.88. The van der Waals surface area contributed by atoms with E-state index in [1.54, 1.807) is 11.8 Å². The second kappa shape index (κ2) is 6.37. The summed E-state index contributed by atoms with van der Waals surface area (Å²) in [5.74, 6) is 0.0344.